The maximum Gasteiger partial charge on any atom is 0.414 e. The van der Waals surface area contributed by atoms with Gasteiger partial charge in [-0.25, -0.2) is 4.79 Å². The summed E-state index contributed by atoms with van der Waals surface area (Å²) < 4.78 is 16.0. The molecule has 1 amide bonds. The SMILES string of the molecule is CC(=O)OCc1c(N(C)C(=O)OC(C)(C)C)cc(OC(C)=O)c2ccccc12. The smallest absolute Gasteiger partial charge is 0.414 e. The number of anilines is 1. The molecule has 0 saturated heterocycles. The molecule has 7 nitrogen and oxygen atoms in total. The van der Waals surface area contributed by atoms with Gasteiger partial charge in [-0.2, -0.15) is 0 Å². The van der Waals surface area contributed by atoms with Crippen molar-refractivity contribution < 1.29 is 28.6 Å². The van der Waals surface area contributed by atoms with Crippen molar-refractivity contribution in [2.24, 2.45) is 0 Å². The Morgan fingerprint density at radius 3 is 2.14 bits per heavy atom. The second-order valence-electron chi connectivity index (χ2n) is 7.33. The summed E-state index contributed by atoms with van der Waals surface area (Å²) in [7, 11) is 1.55. The van der Waals surface area contributed by atoms with Crippen LogP contribution >= 0.6 is 0 Å². The van der Waals surface area contributed by atoms with E-state index in [9.17, 15) is 14.4 Å². The second-order valence-corrected chi connectivity index (χ2v) is 7.33. The molecule has 0 heterocycles. The summed E-state index contributed by atoms with van der Waals surface area (Å²) >= 11 is 0. The highest BCUT2D eigenvalue weighted by Gasteiger charge is 2.25. The minimum Gasteiger partial charge on any atom is -0.461 e. The van der Waals surface area contributed by atoms with Crippen molar-refractivity contribution in [2.75, 3.05) is 11.9 Å². The Morgan fingerprint density at radius 2 is 1.61 bits per heavy atom. The number of amides is 1. The first-order valence-electron chi connectivity index (χ1n) is 8.82. The van der Waals surface area contributed by atoms with E-state index in [0.717, 1.165) is 0 Å². The van der Waals surface area contributed by atoms with Crippen LogP contribution in [0.5, 0.6) is 5.75 Å². The van der Waals surface area contributed by atoms with Crippen molar-refractivity contribution >= 4 is 34.5 Å². The fourth-order valence-corrected chi connectivity index (χ4v) is 2.68. The molecule has 0 fully saturated rings. The molecule has 7 heteroatoms. The van der Waals surface area contributed by atoms with Crippen molar-refractivity contribution in [1.29, 1.82) is 0 Å². The summed E-state index contributed by atoms with van der Waals surface area (Å²) in [5.74, 6) is -0.622. The Balaban J connectivity index is 2.66. The molecular formula is C21H25NO6. The lowest BCUT2D eigenvalue weighted by Gasteiger charge is -2.27. The van der Waals surface area contributed by atoms with E-state index in [1.807, 2.05) is 18.2 Å². The molecule has 0 radical (unpaired) electrons. The lowest BCUT2D eigenvalue weighted by atomic mass is 10.0. The van der Waals surface area contributed by atoms with E-state index >= 15 is 0 Å². The van der Waals surface area contributed by atoms with Gasteiger partial charge in [0, 0.05) is 37.9 Å². The summed E-state index contributed by atoms with van der Waals surface area (Å²) in [4.78, 5) is 36.9. The van der Waals surface area contributed by atoms with Gasteiger partial charge < -0.3 is 14.2 Å². The van der Waals surface area contributed by atoms with Crippen LogP contribution in [0.25, 0.3) is 10.8 Å². The number of hydrogen-bond donors (Lipinski definition) is 0. The Bertz CT molecular complexity index is 913. The minimum absolute atomic E-state index is 0.0430. The molecule has 0 bridgehead atoms. The average molecular weight is 387 g/mol. The third kappa shape index (κ3) is 5.22. The van der Waals surface area contributed by atoms with Crippen LogP contribution in [0.4, 0.5) is 10.5 Å². The third-order valence-electron chi connectivity index (χ3n) is 3.80. The number of ether oxygens (including phenoxy) is 3. The summed E-state index contributed by atoms with van der Waals surface area (Å²) in [6, 6.07) is 8.80. The molecule has 0 aliphatic rings. The molecule has 150 valence electrons. The molecule has 2 aromatic carbocycles. The number of carbonyl (C=O) groups excluding carboxylic acids is 3. The Morgan fingerprint density at radius 1 is 1.00 bits per heavy atom. The van der Waals surface area contributed by atoms with Crippen LogP contribution in [0, 0.1) is 0 Å². The van der Waals surface area contributed by atoms with Gasteiger partial charge in [0.25, 0.3) is 0 Å². The summed E-state index contributed by atoms with van der Waals surface area (Å²) in [5.41, 5.74) is 0.345. The number of hydrogen-bond acceptors (Lipinski definition) is 6. The van der Waals surface area contributed by atoms with Gasteiger partial charge in [-0.05, 0) is 26.2 Å². The largest absolute Gasteiger partial charge is 0.461 e. The fourth-order valence-electron chi connectivity index (χ4n) is 2.68. The quantitative estimate of drug-likeness (QED) is 0.578. The van der Waals surface area contributed by atoms with Crippen LogP contribution in [-0.4, -0.2) is 30.7 Å². The molecule has 2 aromatic rings. The van der Waals surface area contributed by atoms with Crippen LogP contribution in [0.1, 0.15) is 40.2 Å². The maximum absolute atomic E-state index is 12.6. The fraction of sp³-hybridized carbons (Fsp3) is 0.381. The number of rotatable bonds is 4. The number of nitrogens with zero attached hydrogens (tertiary/aromatic N) is 1. The molecule has 0 aromatic heterocycles. The predicted octanol–water partition coefficient (Wildman–Crippen LogP) is 4.20. The van der Waals surface area contributed by atoms with Crippen molar-refractivity contribution in [3.8, 4) is 5.75 Å². The van der Waals surface area contributed by atoms with Gasteiger partial charge in [0.05, 0.1) is 5.69 Å². The number of benzene rings is 2. The molecular weight excluding hydrogens is 362 g/mol. The molecule has 0 saturated carbocycles. The highest BCUT2D eigenvalue weighted by atomic mass is 16.6. The van der Waals surface area contributed by atoms with E-state index in [-0.39, 0.29) is 6.61 Å². The van der Waals surface area contributed by atoms with Crippen LogP contribution in [0.15, 0.2) is 30.3 Å². The van der Waals surface area contributed by atoms with E-state index < -0.39 is 23.6 Å². The third-order valence-corrected chi connectivity index (χ3v) is 3.80. The van der Waals surface area contributed by atoms with Crippen LogP contribution < -0.4 is 9.64 Å². The van der Waals surface area contributed by atoms with E-state index in [0.29, 0.717) is 27.8 Å². The first-order valence-corrected chi connectivity index (χ1v) is 8.82. The molecule has 0 spiro atoms. The normalized spacial score (nSPS) is 11.1. The molecule has 0 aliphatic heterocycles. The van der Waals surface area contributed by atoms with E-state index in [1.54, 1.807) is 40.0 Å². The highest BCUT2D eigenvalue weighted by Crippen LogP contribution is 2.37. The average Bonchev–Trinajstić information content (AvgIpc) is 2.57. The Labute approximate surface area is 164 Å². The molecule has 28 heavy (non-hydrogen) atoms. The van der Waals surface area contributed by atoms with Crippen molar-refractivity contribution in [3.63, 3.8) is 0 Å². The number of carbonyl (C=O) groups is 3. The summed E-state index contributed by atoms with van der Waals surface area (Å²) in [6.45, 7) is 7.87. The van der Waals surface area contributed by atoms with Gasteiger partial charge in [0.15, 0.2) is 0 Å². The number of fused-ring (bicyclic) bond motifs is 1. The lowest BCUT2D eigenvalue weighted by Crippen LogP contribution is -2.34. The molecule has 2 rings (SSSR count). The van der Waals surface area contributed by atoms with Crippen molar-refractivity contribution in [2.45, 2.75) is 46.8 Å². The van der Waals surface area contributed by atoms with Crippen LogP contribution in [-0.2, 0) is 25.7 Å². The van der Waals surface area contributed by atoms with Crippen molar-refractivity contribution in [3.05, 3.63) is 35.9 Å². The molecule has 0 atom stereocenters. The standard InChI is InChI=1S/C21H25NO6/c1-13(23)26-12-17-15-9-7-8-10-16(15)19(27-14(2)24)11-18(17)22(6)20(25)28-21(3,4)5/h7-11H,12H2,1-6H3. The van der Waals surface area contributed by atoms with Gasteiger partial charge in [0.1, 0.15) is 18.0 Å². The van der Waals surface area contributed by atoms with Gasteiger partial charge in [-0.3, -0.25) is 14.5 Å². The van der Waals surface area contributed by atoms with Gasteiger partial charge in [0.2, 0.25) is 0 Å². The van der Waals surface area contributed by atoms with Gasteiger partial charge in [-0.15, -0.1) is 0 Å². The van der Waals surface area contributed by atoms with Crippen LogP contribution in [0.2, 0.25) is 0 Å². The van der Waals surface area contributed by atoms with E-state index in [1.165, 1.54) is 18.7 Å². The van der Waals surface area contributed by atoms with Crippen molar-refractivity contribution in [1.82, 2.24) is 0 Å². The number of esters is 2. The van der Waals surface area contributed by atoms with E-state index in [2.05, 4.69) is 0 Å². The highest BCUT2D eigenvalue weighted by molar-refractivity contribution is 6.00. The summed E-state index contributed by atoms with van der Waals surface area (Å²) in [6.07, 6.45) is -0.583. The minimum atomic E-state index is -0.684. The van der Waals surface area contributed by atoms with Gasteiger partial charge in [-0.1, -0.05) is 24.3 Å². The molecule has 0 aliphatic carbocycles. The molecule has 0 N–H and O–H groups in total. The second kappa shape index (κ2) is 8.29. The Hall–Kier alpha value is -3.09. The maximum atomic E-state index is 12.6. The first kappa shape index (κ1) is 21.2. The zero-order chi connectivity index (χ0) is 21.1. The zero-order valence-corrected chi connectivity index (χ0v) is 17.0. The zero-order valence-electron chi connectivity index (χ0n) is 17.0. The predicted molar refractivity (Wildman–Crippen MR) is 105 cm³/mol. The molecule has 0 unspecified atom stereocenters. The Kier molecular flexibility index (Phi) is 6.28. The van der Waals surface area contributed by atoms with Crippen LogP contribution in [0.3, 0.4) is 0 Å². The topological polar surface area (TPSA) is 82.1 Å². The summed E-state index contributed by atoms with van der Waals surface area (Å²) in [5, 5.41) is 1.37. The monoisotopic (exact) mass is 387 g/mol. The lowest BCUT2D eigenvalue weighted by molar-refractivity contribution is -0.142. The van der Waals surface area contributed by atoms with Gasteiger partial charge >= 0.3 is 18.0 Å². The first-order chi connectivity index (χ1) is 13.0. The van der Waals surface area contributed by atoms with E-state index in [4.69, 9.17) is 14.2 Å².